The molecule has 18 nitrogen and oxygen atoms in total. The number of nitrogens with zero attached hydrogens (tertiary/aromatic N) is 3. The predicted molar refractivity (Wildman–Crippen MR) is 604 cm³/mol. The van der Waals surface area contributed by atoms with E-state index in [1.165, 1.54) is 135 Å². The van der Waals surface area contributed by atoms with Gasteiger partial charge in [-0.25, -0.2) is 15.0 Å². The third kappa shape index (κ3) is 51.4. The topological polar surface area (TPSA) is 209 Å². The van der Waals surface area contributed by atoms with Gasteiger partial charge in [0.15, 0.2) is 52.0 Å². The Labute approximate surface area is 870 Å². The molecule has 0 bridgehead atoms. The summed E-state index contributed by atoms with van der Waals surface area (Å²) < 4.78 is 59.9. The van der Waals surface area contributed by atoms with Crippen LogP contribution in [0.5, 0.6) is 51.7 Å². The SMILES string of the molecule is C=CCCCCCCOc1cc(C(=O)Nc2ccc(-c3nc(-c4ccc(NC(=O)c5cc(OCCCCCCC=C)c(OCCCCCCCCCCCC)c(OCCCCCCC=C)c5)cc4)nc(-c4ccc(NC(=O)c5cc(OCCCCCCC=C)c(OCCCCCCCCCCCC)c(OCCCCCCC=C)c5)cc4)n3)cc2)cc(OCCCCCCC=C)c1OCCCCCCCCCCCC. The third-order valence-corrected chi connectivity index (χ3v) is 26.3. The lowest BCUT2D eigenvalue weighted by atomic mass is 10.1. The number of ether oxygens (including phenoxy) is 9. The van der Waals surface area contributed by atoms with Crippen LogP contribution in [0.15, 0.2) is 185 Å². The van der Waals surface area contributed by atoms with Gasteiger partial charge in [0, 0.05) is 50.4 Å². The van der Waals surface area contributed by atoms with Crippen molar-refractivity contribution in [1.29, 1.82) is 0 Å². The molecule has 792 valence electrons. The largest absolute Gasteiger partial charge is 0.490 e. The van der Waals surface area contributed by atoms with Crippen LogP contribution < -0.4 is 58.6 Å². The van der Waals surface area contributed by atoms with E-state index in [-0.39, 0.29) is 17.7 Å². The highest BCUT2D eigenvalue weighted by molar-refractivity contribution is 6.07. The molecule has 18 heteroatoms. The van der Waals surface area contributed by atoms with Gasteiger partial charge in [-0.05, 0) is 244 Å². The Morgan fingerprint density at radius 3 is 0.535 bits per heavy atom. The molecule has 0 aliphatic carbocycles. The van der Waals surface area contributed by atoms with E-state index in [1.807, 2.05) is 109 Å². The molecule has 144 heavy (non-hydrogen) atoms. The number of allylic oxidation sites excluding steroid dienone is 6. The van der Waals surface area contributed by atoms with Crippen molar-refractivity contribution < 1.29 is 57.0 Å². The first-order valence-electron chi connectivity index (χ1n) is 56.8. The van der Waals surface area contributed by atoms with E-state index < -0.39 is 0 Å². The fourth-order valence-corrected chi connectivity index (χ4v) is 17.5. The maximum atomic E-state index is 14.9. The third-order valence-electron chi connectivity index (χ3n) is 26.3. The zero-order valence-electron chi connectivity index (χ0n) is 89.6. The average molecular weight is 1980 g/mol. The number of nitrogens with one attached hydrogen (secondary N) is 3. The Bertz CT molecular complexity index is 4040. The van der Waals surface area contributed by atoms with Crippen LogP contribution in [0.25, 0.3) is 34.2 Å². The summed E-state index contributed by atoms with van der Waals surface area (Å²) in [4.78, 5) is 60.2. The summed E-state index contributed by atoms with van der Waals surface area (Å²) in [6.07, 6.45) is 77.9. The molecule has 0 spiro atoms. The van der Waals surface area contributed by atoms with Crippen molar-refractivity contribution in [2.24, 2.45) is 0 Å². The van der Waals surface area contributed by atoms with Crippen LogP contribution in [-0.2, 0) is 0 Å². The zero-order valence-corrected chi connectivity index (χ0v) is 89.6. The van der Waals surface area contributed by atoms with Crippen molar-refractivity contribution in [1.82, 2.24) is 15.0 Å². The summed E-state index contributed by atoms with van der Waals surface area (Å²) >= 11 is 0. The molecule has 0 aliphatic rings. The Morgan fingerprint density at radius 2 is 0.368 bits per heavy atom. The van der Waals surface area contributed by atoms with Gasteiger partial charge in [-0.15, -0.1) is 39.5 Å². The molecule has 7 aromatic rings. The first-order valence-corrected chi connectivity index (χ1v) is 56.8. The number of rotatable bonds is 93. The summed E-state index contributed by atoms with van der Waals surface area (Å²) in [7, 11) is 0. The van der Waals surface area contributed by atoms with Gasteiger partial charge in [-0.1, -0.05) is 308 Å². The number of amides is 3. The molecule has 6 aromatic carbocycles. The molecule has 0 saturated heterocycles. The minimum absolute atomic E-state index is 0.345. The van der Waals surface area contributed by atoms with Crippen LogP contribution in [-0.4, -0.2) is 92.1 Å². The summed E-state index contributed by atoms with van der Waals surface area (Å²) in [5.74, 6) is 4.56. The van der Waals surface area contributed by atoms with Crippen LogP contribution in [0.4, 0.5) is 17.1 Å². The Morgan fingerprint density at radius 1 is 0.215 bits per heavy atom. The molecular formula is C126H186N6O12. The number of carbonyl (C=O) groups is 3. The standard InChI is InChI=1S/C126H186N6O12/c1-10-19-28-37-46-49-52-55-64-73-94-142-118-112(136-88-67-58-40-31-22-13-4)97-106(98-113(118)137-89-68-59-41-32-23-14-5)124(133)127-109-82-76-103(77-83-109)121-130-122(104-78-84-110(85-79-104)128-125(134)107-99-114(138-90-69-60-42-33-24-15-6)119(115(100-107)139-91-70-61-43-34-25-16-7)143-95-74-65-56-53-50-47-38-29-20-11-2)132-123(131-121)105-80-86-111(87-81-105)129-126(135)108-101-116(140-92-71-62-44-35-26-17-8)120(117(102-108)141-93-72-63-45-36-27-18-9)144-96-75-66-57-54-51-48-39-30-21-12-3/h13-18,76-87,97-102H,4-12,19-75,88-96H2,1-3H3,(H,127,133)(H,128,134)(H,129,135). The van der Waals surface area contributed by atoms with Crippen molar-refractivity contribution in [3.63, 3.8) is 0 Å². The van der Waals surface area contributed by atoms with Gasteiger partial charge >= 0.3 is 0 Å². The van der Waals surface area contributed by atoms with E-state index in [2.05, 4.69) is 76.2 Å². The number of benzene rings is 6. The first-order chi connectivity index (χ1) is 71.0. The van der Waals surface area contributed by atoms with E-state index in [9.17, 15) is 14.4 Å². The van der Waals surface area contributed by atoms with Crippen LogP contribution >= 0.6 is 0 Å². The first kappa shape index (κ1) is 120. The van der Waals surface area contributed by atoms with Gasteiger partial charge in [0.25, 0.3) is 17.7 Å². The molecule has 0 atom stereocenters. The minimum atomic E-state index is -0.345. The molecule has 7 rings (SSSR count). The number of hydrogen-bond donors (Lipinski definition) is 3. The normalized spacial score (nSPS) is 11.1. The fraction of sp³-hybridized carbons (Fsp3) is 0.571. The molecule has 3 N–H and O–H groups in total. The van der Waals surface area contributed by atoms with E-state index >= 15 is 0 Å². The van der Waals surface area contributed by atoms with Gasteiger partial charge < -0.3 is 58.6 Å². The zero-order chi connectivity index (χ0) is 102. The van der Waals surface area contributed by atoms with Gasteiger partial charge in [0.2, 0.25) is 17.2 Å². The summed E-state index contributed by atoms with van der Waals surface area (Å²) in [5, 5.41) is 9.56. The Hall–Kier alpha value is -10.6. The highest BCUT2D eigenvalue weighted by atomic mass is 16.6. The number of aromatic nitrogens is 3. The van der Waals surface area contributed by atoms with Crippen molar-refractivity contribution in [2.75, 3.05) is 75.4 Å². The monoisotopic (exact) mass is 1980 g/mol. The van der Waals surface area contributed by atoms with E-state index in [1.54, 1.807) is 36.4 Å². The van der Waals surface area contributed by atoms with Crippen molar-refractivity contribution in [2.45, 2.75) is 406 Å². The van der Waals surface area contributed by atoms with Crippen molar-refractivity contribution >= 4 is 34.8 Å². The van der Waals surface area contributed by atoms with E-state index in [0.29, 0.717) is 179 Å². The molecular weight excluding hydrogens is 1790 g/mol. The number of unbranched alkanes of at least 4 members (excludes halogenated alkanes) is 51. The maximum Gasteiger partial charge on any atom is 0.255 e. The second-order valence-electron chi connectivity index (χ2n) is 38.9. The number of carbonyl (C=O) groups excluding carboxylic acids is 3. The van der Waals surface area contributed by atoms with E-state index in [0.717, 1.165) is 250 Å². The molecule has 0 fully saturated rings. The van der Waals surface area contributed by atoms with Crippen LogP contribution in [0.3, 0.4) is 0 Å². The van der Waals surface area contributed by atoms with Gasteiger partial charge in [-0.3, -0.25) is 14.4 Å². The maximum absolute atomic E-state index is 14.9. The molecule has 3 amide bonds. The summed E-state index contributed by atoms with van der Waals surface area (Å²) in [6.45, 7) is 34.6. The lowest BCUT2D eigenvalue weighted by Crippen LogP contribution is -2.14. The molecule has 0 aliphatic heterocycles. The highest BCUT2D eigenvalue weighted by Gasteiger charge is 2.26. The Balaban J connectivity index is 1.24. The van der Waals surface area contributed by atoms with Crippen LogP contribution in [0.1, 0.15) is 437 Å². The van der Waals surface area contributed by atoms with E-state index in [4.69, 9.17) is 57.6 Å². The number of hydrogen-bond acceptors (Lipinski definition) is 15. The van der Waals surface area contributed by atoms with Crippen LogP contribution in [0, 0.1) is 0 Å². The van der Waals surface area contributed by atoms with Gasteiger partial charge in [0.1, 0.15) is 0 Å². The molecule has 0 radical (unpaired) electrons. The highest BCUT2D eigenvalue weighted by Crippen LogP contribution is 2.44. The predicted octanol–water partition coefficient (Wildman–Crippen LogP) is 36.6. The van der Waals surface area contributed by atoms with Gasteiger partial charge in [-0.2, -0.15) is 0 Å². The molecule has 1 aromatic heterocycles. The molecule has 1 heterocycles. The minimum Gasteiger partial charge on any atom is -0.490 e. The quantitative estimate of drug-likeness (QED) is 0.0239. The van der Waals surface area contributed by atoms with Crippen molar-refractivity contribution in [3.8, 4) is 85.9 Å². The average Bonchev–Trinajstić information content (AvgIpc) is 0.790. The lowest BCUT2D eigenvalue weighted by Gasteiger charge is -2.19. The lowest BCUT2D eigenvalue weighted by molar-refractivity contribution is 0.101. The van der Waals surface area contributed by atoms with Crippen molar-refractivity contribution in [3.05, 3.63) is 202 Å². The van der Waals surface area contributed by atoms with Gasteiger partial charge in [0.05, 0.1) is 59.5 Å². The number of anilines is 3. The molecule has 0 unspecified atom stereocenters. The fourth-order valence-electron chi connectivity index (χ4n) is 17.5. The summed E-state index contributed by atoms with van der Waals surface area (Å²) in [6, 6.07) is 33.1. The second kappa shape index (κ2) is 79.6. The Kier molecular flexibility index (Phi) is 66.5. The van der Waals surface area contributed by atoms with Crippen LogP contribution in [0.2, 0.25) is 0 Å². The molecule has 0 saturated carbocycles. The second-order valence-corrected chi connectivity index (χ2v) is 38.9. The smallest absolute Gasteiger partial charge is 0.255 e. The summed E-state index contributed by atoms with van der Waals surface area (Å²) in [5.41, 5.74) is 4.69.